The number of ether oxygens (including phenoxy) is 1. The quantitative estimate of drug-likeness (QED) is 0.326. The molecule has 40 heavy (non-hydrogen) atoms. The zero-order valence-electron chi connectivity index (χ0n) is 21.4. The number of hydrogen-bond donors (Lipinski definition) is 1. The number of amides is 1. The number of esters is 1. The molecule has 0 radical (unpaired) electrons. The van der Waals surface area contributed by atoms with Crippen LogP contribution in [0.5, 0.6) is 0 Å². The maximum absolute atomic E-state index is 13.5. The lowest BCUT2D eigenvalue weighted by Crippen LogP contribution is -2.56. The molecule has 2 N–H and O–H groups in total. The summed E-state index contributed by atoms with van der Waals surface area (Å²) in [6.07, 6.45) is -0.476. The summed E-state index contributed by atoms with van der Waals surface area (Å²) in [5, 5.41) is 5.56. The largest absolute Gasteiger partial charge is 0.465 e. The molecule has 0 atom stereocenters. The number of halogens is 4. The Hall–Kier alpha value is -3.35. The highest BCUT2D eigenvalue weighted by Gasteiger charge is 2.41. The van der Waals surface area contributed by atoms with Crippen LogP contribution in [-0.4, -0.2) is 57.0 Å². The van der Waals surface area contributed by atoms with E-state index in [1.54, 1.807) is 31.3 Å². The molecule has 3 heterocycles. The molecule has 0 bridgehead atoms. The molecule has 1 fully saturated rings. The first kappa shape index (κ1) is 28.2. The number of carbonyl (C=O) groups excluding carboxylic acids is 2. The second kappa shape index (κ2) is 10.9. The Bertz CT molecular complexity index is 1540. The van der Waals surface area contributed by atoms with Gasteiger partial charge in [0.2, 0.25) is 0 Å². The number of nitrogens with zero attached hydrogens (tertiary/aromatic N) is 4. The van der Waals surface area contributed by atoms with Gasteiger partial charge in [-0.3, -0.25) is 14.3 Å². The Kier molecular flexibility index (Phi) is 7.68. The van der Waals surface area contributed by atoms with E-state index in [0.29, 0.717) is 46.9 Å². The molecule has 5 rings (SSSR count). The molecule has 210 valence electrons. The van der Waals surface area contributed by atoms with Crippen LogP contribution in [0.1, 0.15) is 36.5 Å². The number of piperidine rings is 1. The van der Waals surface area contributed by atoms with Gasteiger partial charge >= 0.3 is 12.1 Å². The molecular formula is C27H25ClF3N5O3S. The first-order valence-corrected chi connectivity index (χ1v) is 13.7. The summed E-state index contributed by atoms with van der Waals surface area (Å²) in [6.45, 7) is 2.85. The molecule has 0 aliphatic carbocycles. The van der Waals surface area contributed by atoms with Gasteiger partial charge in [0.1, 0.15) is 5.54 Å². The first-order chi connectivity index (χ1) is 19.0. The summed E-state index contributed by atoms with van der Waals surface area (Å²) in [4.78, 5) is 31.4. The van der Waals surface area contributed by atoms with Crippen LogP contribution in [-0.2, 0) is 27.0 Å². The van der Waals surface area contributed by atoms with Gasteiger partial charge in [-0.1, -0.05) is 23.7 Å². The lowest BCUT2D eigenvalue weighted by molar-refractivity contribution is -0.151. The van der Waals surface area contributed by atoms with Crippen molar-refractivity contribution < 1.29 is 27.5 Å². The maximum Gasteiger partial charge on any atom is 0.416 e. The van der Waals surface area contributed by atoms with Crippen molar-refractivity contribution in [1.29, 1.82) is 0 Å². The van der Waals surface area contributed by atoms with Gasteiger partial charge in [-0.05, 0) is 73.0 Å². The zero-order valence-corrected chi connectivity index (χ0v) is 22.9. The van der Waals surface area contributed by atoms with Gasteiger partial charge < -0.3 is 15.4 Å². The minimum atomic E-state index is -4.54. The number of amidine groups is 1. The molecule has 2 aliphatic heterocycles. The van der Waals surface area contributed by atoms with Crippen molar-refractivity contribution in [1.82, 2.24) is 14.7 Å². The van der Waals surface area contributed by atoms with Crippen molar-refractivity contribution in [3.05, 3.63) is 69.2 Å². The maximum atomic E-state index is 13.5. The van der Waals surface area contributed by atoms with Crippen molar-refractivity contribution in [3.8, 4) is 0 Å². The molecule has 0 saturated carbocycles. The number of alkyl halides is 3. The number of fused-ring (bicyclic) bond motifs is 1. The lowest BCUT2D eigenvalue weighted by Gasteiger charge is -2.37. The number of nitrogens with two attached hydrogens (primary N) is 1. The van der Waals surface area contributed by atoms with Crippen LogP contribution in [0.2, 0.25) is 5.02 Å². The molecule has 8 nitrogen and oxygen atoms in total. The fraction of sp³-hybridized carbons (Fsp3) is 0.333. The summed E-state index contributed by atoms with van der Waals surface area (Å²) in [6, 6.07) is 9.03. The topological polar surface area (TPSA) is 103 Å². The van der Waals surface area contributed by atoms with E-state index in [0.717, 1.165) is 11.6 Å². The third-order valence-electron chi connectivity index (χ3n) is 6.88. The monoisotopic (exact) mass is 591 g/mol. The predicted molar refractivity (Wildman–Crippen MR) is 148 cm³/mol. The highest BCUT2D eigenvalue weighted by Crippen LogP contribution is 2.35. The third-order valence-corrected chi connectivity index (χ3v) is 8.16. The van der Waals surface area contributed by atoms with Gasteiger partial charge in [-0.2, -0.15) is 23.3 Å². The van der Waals surface area contributed by atoms with Crippen LogP contribution in [0.3, 0.4) is 0 Å². The molecule has 2 aliphatic rings. The standard InChI is InChI=1S/C27H25ClF3N5O3S/c1-2-39-24(38)26(32)7-9-35(10-8-26)25-34-23(37)22(40-25)12-16-3-6-21-18(11-16)14-33-36(21)15-17-4-5-19(28)13-20(17)27(29,30)31/h3-6,11-14H,2,7-10,15,32H2,1H3/b22-12-. The summed E-state index contributed by atoms with van der Waals surface area (Å²) >= 11 is 7.05. The van der Waals surface area contributed by atoms with Crippen LogP contribution >= 0.6 is 23.4 Å². The van der Waals surface area contributed by atoms with Crippen LogP contribution in [0.4, 0.5) is 13.2 Å². The number of aliphatic imine (C=N–C) groups is 1. The first-order valence-electron chi connectivity index (χ1n) is 12.5. The van der Waals surface area contributed by atoms with Crippen molar-refractivity contribution in [3.63, 3.8) is 0 Å². The van der Waals surface area contributed by atoms with Crippen LogP contribution in [0, 0.1) is 0 Å². The van der Waals surface area contributed by atoms with Gasteiger partial charge in [0.05, 0.1) is 35.3 Å². The van der Waals surface area contributed by atoms with Gasteiger partial charge in [-0.15, -0.1) is 0 Å². The van der Waals surface area contributed by atoms with Gasteiger partial charge in [0, 0.05) is 23.5 Å². The van der Waals surface area contributed by atoms with Crippen molar-refractivity contribution >= 4 is 57.4 Å². The Morgan fingerprint density at radius 1 is 1.23 bits per heavy atom. The van der Waals surface area contributed by atoms with Gasteiger partial charge in [-0.25, -0.2) is 0 Å². The van der Waals surface area contributed by atoms with E-state index >= 15 is 0 Å². The van der Waals surface area contributed by atoms with Gasteiger partial charge in [0.15, 0.2) is 5.17 Å². The molecule has 1 aromatic heterocycles. The average molecular weight is 592 g/mol. The molecule has 0 spiro atoms. The van der Waals surface area contributed by atoms with Crippen LogP contribution < -0.4 is 5.73 Å². The Morgan fingerprint density at radius 3 is 2.67 bits per heavy atom. The minimum absolute atomic E-state index is 0.00926. The Labute approximate surface area is 237 Å². The molecular weight excluding hydrogens is 567 g/mol. The number of aromatic nitrogens is 2. The van der Waals surface area contributed by atoms with Crippen molar-refractivity contribution in [2.24, 2.45) is 10.7 Å². The van der Waals surface area contributed by atoms with Gasteiger partial charge in [0.25, 0.3) is 5.91 Å². The average Bonchev–Trinajstić information content (AvgIpc) is 3.47. The summed E-state index contributed by atoms with van der Waals surface area (Å²) in [5.41, 5.74) is 5.82. The summed E-state index contributed by atoms with van der Waals surface area (Å²) in [7, 11) is 0. The van der Waals surface area contributed by atoms with Crippen LogP contribution in [0.15, 0.2) is 52.5 Å². The molecule has 1 amide bonds. The number of benzene rings is 2. The molecule has 0 unspecified atom stereocenters. The molecule has 2 aromatic carbocycles. The Balaban J connectivity index is 1.29. The van der Waals surface area contributed by atoms with E-state index in [1.165, 1.54) is 28.6 Å². The van der Waals surface area contributed by atoms with Crippen molar-refractivity contribution in [2.45, 2.75) is 38.0 Å². The smallest absolute Gasteiger partial charge is 0.416 e. The molecule has 13 heteroatoms. The Morgan fingerprint density at radius 2 is 1.98 bits per heavy atom. The highest BCUT2D eigenvalue weighted by molar-refractivity contribution is 8.18. The van der Waals surface area contributed by atoms with Crippen molar-refractivity contribution in [2.75, 3.05) is 19.7 Å². The van der Waals surface area contributed by atoms with E-state index < -0.39 is 23.2 Å². The normalized spacial score (nSPS) is 18.4. The minimum Gasteiger partial charge on any atom is -0.465 e. The second-order valence-electron chi connectivity index (χ2n) is 9.59. The highest BCUT2D eigenvalue weighted by atomic mass is 35.5. The molecule has 3 aromatic rings. The third kappa shape index (κ3) is 5.74. The zero-order chi connectivity index (χ0) is 28.7. The number of carbonyl (C=O) groups is 2. The summed E-state index contributed by atoms with van der Waals surface area (Å²) in [5.74, 6) is -0.784. The number of likely N-dealkylation sites (tertiary alicyclic amines) is 1. The van der Waals surface area contributed by atoms with E-state index in [4.69, 9.17) is 22.1 Å². The number of thioether (sulfide) groups is 1. The van der Waals surface area contributed by atoms with Crippen LogP contribution in [0.25, 0.3) is 17.0 Å². The van der Waals surface area contributed by atoms with E-state index in [9.17, 15) is 22.8 Å². The number of hydrogen-bond acceptors (Lipinski definition) is 7. The van der Waals surface area contributed by atoms with E-state index in [1.807, 2.05) is 11.0 Å². The lowest BCUT2D eigenvalue weighted by atomic mass is 9.89. The predicted octanol–water partition coefficient (Wildman–Crippen LogP) is 5.08. The summed E-state index contributed by atoms with van der Waals surface area (Å²) < 4.78 is 47.2. The number of rotatable bonds is 5. The fourth-order valence-electron chi connectivity index (χ4n) is 4.69. The SMILES string of the molecule is CCOC(=O)C1(N)CCN(C2=NC(=O)/C(=C/c3ccc4c(cnn4Cc4ccc(Cl)cc4C(F)(F)F)c3)S2)CC1. The second-order valence-corrected chi connectivity index (χ2v) is 11.0. The molecule has 1 saturated heterocycles. The van der Waals surface area contributed by atoms with E-state index in [2.05, 4.69) is 10.1 Å². The van der Waals surface area contributed by atoms with E-state index in [-0.39, 0.29) is 29.6 Å². The fourth-order valence-corrected chi connectivity index (χ4v) is 5.83.